The van der Waals surface area contributed by atoms with Gasteiger partial charge in [0.25, 0.3) is 0 Å². The largest absolute Gasteiger partial charge is 0.372 e. The molecule has 2 aromatic carbocycles. The van der Waals surface area contributed by atoms with Gasteiger partial charge in [0, 0.05) is 20.1 Å². The zero-order valence-corrected chi connectivity index (χ0v) is 15.8. The molecule has 0 saturated heterocycles. The van der Waals surface area contributed by atoms with Gasteiger partial charge in [-0.25, -0.2) is 22.3 Å². The first-order valence-electron chi connectivity index (χ1n) is 7.58. The maximum Gasteiger partial charge on any atom is 0.241 e. The number of nitrogens with two attached hydrogens (primary N) is 1. The number of hydrogen-bond acceptors (Lipinski definition) is 5. The zero-order chi connectivity index (χ0) is 19.5. The van der Waals surface area contributed by atoms with Gasteiger partial charge in [-0.1, -0.05) is 11.6 Å². The molecule has 0 atom stereocenters. The second-order valence-electron chi connectivity index (χ2n) is 5.60. The number of anilines is 3. The minimum atomic E-state index is -4.24. The summed E-state index contributed by atoms with van der Waals surface area (Å²) in [6.07, 6.45) is 0. The average molecular weight is 405 g/mol. The minimum Gasteiger partial charge on any atom is -0.372 e. The van der Waals surface area contributed by atoms with Gasteiger partial charge in [-0.3, -0.25) is 0 Å². The summed E-state index contributed by atoms with van der Waals surface area (Å²) in [5.74, 6) is -1.57. The van der Waals surface area contributed by atoms with Gasteiger partial charge in [0.2, 0.25) is 10.0 Å². The van der Waals surface area contributed by atoms with Crippen LogP contribution in [0, 0.1) is 11.6 Å². The number of halogens is 3. The monoisotopic (exact) mass is 404 g/mol. The number of primary sulfonamides is 1. The third-order valence-corrected chi connectivity index (χ3v) is 4.99. The van der Waals surface area contributed by atoms with E-state index in [0.29, 0.717) is 24.5 Å². The minimum absolute atomic E-state index is 0.131. The van der Waals surface area contributed by atoms with Crippen molar-refractivity contribution in [3.8, 4) is 0 Å². The Bertz CT molecular complexity index is 909. The number of nitrogens with zero attached hydrogens (tertiary/aromatic N) is 1. The van der Waals surface area contributed by atoms with E-state index in [0.717, 1.165) is 6.07 Å². The molecule has 0 radical (unpaired) electrons. The van der Waals surface area contributed by atoms with Crippen LogP contribution >= 0.6 is 11.6 Å². The molecule has 0 aromatic heterocycles. The lowest BCUT2D eigenvalue weighted by Crippen LogP contribution is -2.27. The summed E-state index contributed by atoms with van der Waals surface area (Å²) < 4.78 is 50.6. The number of benzene rings is 2. The molecule has 0 spiro atoms. The maximum absolute atomic E-state index is 14.2. The Labute approximate surface area is 156 Å². The Hall–Kier alpha value is -1.94. The second kappa shape index (κ2) is 8.17. The normalized spacial score (nSPS) is 11.5. The first-order valence-corrected chi connectivity index (χ1v) is 9.50. The fourth-order valence-electron chi connectivity index (χ4n) is 2.32. The standard InChI is InChI=1S/C16H19ClF2N4O2S/c1-21-7-8-23(2)13-9-10(18)3-4-11(13)22-12-5-6-14(26(20,24)25)16(19)15(12)17/h3-6,9,21-22H,7-8H2,1-2H3,(H2,20,24,25). The van der Waals surface area contributed by atoms with Crippen molar-refractivity contribution in [3.05, 3.63) is 47.0 Å². The molecule has 0 heterocycles. The van der Waals surface area contributed by atoms with Gasteiger partial charge in [-0.2, -0.15) is 0 Å². The molecular weight excluding hydrogens is 386 g/mol. The lowest BCUT2D eigenvalue weighted by atomic mass is 10.2. The van der Waals surface area contributed by atoms with E-state index in [1.54, 1.807) is 14.1 Å². The highest BCUT2D eigenvalue weighted by Gasteiger charge is 2.20. The van der Waals surface area contributed by atoms with Crippen molar-refractivity contribution in [2.75, 3.05) is 37.4 Å². The third kappa shape index (κ3) is 4.61. The van der Waals surface area contributed by atoms with Gasteiger partial charge in [-0.15, -0.1) is 0 Å². The van der Waals surface area contributed by atoms with Crippen molar-refractivity contribution < 1.29 is 17.2 Å². The summed E-state index contributed by atoms with van der Waals surface area (Å²) in [5, 5.41) is 10.4. The van der Waals surface area contributed by atoms with Gasteiger partial charge < -0.3 is 15.5 Å². The molecule has 2 rings (SSSR count). The SMILES string of the molecule is CNCCN(C)c1cc(F)ccc1Nc1ccc(S(N)(=O)=O)c(F)c1Cl. The molecule has 6 nitrogen and oxygen atoms in total. The highest BCUT2D eigenvalue weighted by atomic mass is 35.5. The highest BCUT2D eigenvalue weighted by molar-refractivity contribution is 7.89. The first kappa shape index (κ1) is 20.4. The topological polar surface area (TPSA) is 87.5 Å². The van der Waals surface area contributed by atoms with Gasteiger partial charge in [0.1, 0.15) is 15.7 Å². The van der Waals surface area contributed by atoms with Crippen molar-refractivity contribution in [3.63, 3.8) is 0 Å². The molecule has 0 fully saturated rings. The molecule has 0 aliphatic heterocycles. The van der Waals surface area contributed by atoms with Crippen LogP contribution in [0.3, 0.4) is 0 Å². The van der Waals surface area contributed by atoms with Crippen molar-refractivity contribution >= 4 is 38.7 Å². The van der Waals surface area contributed by atoms with Crippen molar-refractivity contribution in [1.82, 2.24) is 5.32 Å². The van der Waals surface area contributed by atoms with Crippen LogP contribution < -0.4 is 20.7 Å². The Morgan fingerprint density at radius 3 is 2.46 bits per heavy atom. The van der Waals surface area contributed by atoms with Gasteiger partial charge in [-0.05, 0) is 37.4 Å². The molecule has 2 aromatic rings. The Kier molecular flexibility index (Phi) is 6.40. The van der Waals surface area contributed by atoms with Gasteiger partial charge in [0.15, 0.2) is 5.82 Å². The van der Waals surface area contributed by atoms with Crippen LogP contribution in [-0.2, 0) is 10.0 Å². The molecule has 0 amide bonds. The predicted molar refractivity (Wildman–Crippen MR) is 99.7 cm³/mol. The Morgan fingerprint density at radius 1 is 1.19 bits per heavy atom. The summed E-state index contributed by atoms with van der Waals surface area (Å²) in [4.78, 5) is 1.11. The fourth-order valence-corrected chi connectivity index (χ4v) is 3.20. The Balaban J connectivity index is 2.41. The fraction of sp³-hybridized carbons (Fsp3) is 0.250. The van der Waals surface area contributed by atoms with Crippen molar-refractivity contribution in [2.24, 2.45) is 5.14 Å². The quantitative estimate of drug-likeness (QED) is 0.660. The van der Waals surface area contributed by atoms with E-state index < -0.39 is 31.6 Å². The summed E-state index contributed by atoms with van der Waals surface area (Å²) in [6.45, 7) is 1.27. The lowest BCUT2D eigenvalue weighted by Gasteiger charge is -2.23. The molecule has 10 heteroatoms. The smallest absolute Gasteiger partial charge is 0.241 e. The predicted octanol–water partition coefficient (Wildman–Crippen LogP) is 2.66. The summed E-state index contributed by atoms with van der Waals surface area (Å²) in [5.41, 5.74) is 1.15. The van der Waals surface area contributed by atoms with E-state index in [1.807, 2.05) is 4.90 Å². The van der Waals surface area contributed by atoms with Crippen LogP contribution in [0.2, 0.25) is 5.02 Å². The first-order chi connectivity index (χ1) is 12.1. The molecule has 0 aliphatic rings. The van der Waals surface area contributed by atoms with E-state index in [9.17, 15) is 17.2 Å². The second-order valence-corrected chi connectivity index (χ2v) is 7.50. The van der Waals surface area contributed by atoms with Gasteiger partial charge >= 0.3 is 0 Å². The molecule has 0 saturated carbocycles. The van der Waals surface area contributed by atoms with Crippen LogP contribution in [0.5, 0.6) is 0 Å². The maximum atomic E-state index is 14.2. The molecule has 0 unspecified atom stereocenters. The molecular formula is C16H19ClF2N4O2S. The molecule has 0 aliphatic carbocycles. The summed E-state index contributed by atoms with van der Waals surface area (Å²) in [7, 11) is -0.654. The number of nitrogens with one attached hydrogen (secondary N) is 2. The van der Waals surface area contributed by atoms with Crippen LogP contribution in [0.4, 0.5) is 25.8 Å². The van der Waals surface area contributed by atoms with Crippen LogP contribution in [0.25, 0.3) is 0 Å². The third-order valence-electron chi connectivity index (χ3n) is 3.69. The van der Waals surface area contributed by atoms with E-state index in [4.69, 9.17) is 16.7 Å². The van der Waals surface area contributed by atoms with Crippen molar-refractivity contribution in [1.29, 1.82) is 0 Å². The average Bonchev–Trinajstić information content (AvgIpc) is 2.57. The van der Waals surface area contributed by atoms with E-state index in [2.05, 4.69) is 10.6 Å². The number of likely N-dealkylation sites (N-methyl/N-ethyl adjacent to an activating group) is 2. The summed E-state index contributed by atoms with van der Waals surface area (Å²) >= 11 is 5.95. The Morgan fingerprint density at radius 2 is 1.85 bits per heavy atom. The van der Waals surface area contributed by atoms with Crippen molar-refractivity contribution in [2.45, 2.75) is 4.90 Å². The number of rotatable bonds is 7. The van der Waals surface area contributed by atoms with Gasteiger partial charge in [0.05, 0.1) is 17.1 Å². The van der Waals surface area contributed by atoms with E-state index >= 15 is 0 Å². The van der Waals surface area contributed by atoms with E-state index in [-0.39, 0.29) is 5.69 Å². The summed E-state index contributed by atoms with van der Waals surface area (Å²) in [6, 6.07) is 6.39. The lowest BCUT2D eigenvalue weighted by molar-refractivity contribution is 0.568. The molecule has 4 N–H and O–H groups in total. The number of sulfonamides is 1. The van der Waals surface area contributed by atoms with Crippen LogP contribution in [-0.4, -0.2) is 35.6 Å². The molecule has 142 valence electrons. The zero-order valence-electron chi connectivity index (χ0n) is 14.2. The van der Waals surface area contributed by atoms with E-state index in [1.165, 1.54) is 24.3 Å². The highest BCUT2D eigenvalue weighted by Crippen LogP contribution is 2.35. The van der Waals surface area contributed by atoms with Crippen LogP contribution in [0.1, 0.15) is 0 Å². The molecule has 0 bridgehead atoms. The van der Waals surface area contributed by atoms with Crippen LogP contribution in [0.15, 0.2) is 35.2 Å². The number of hydrogen-bond donors (Lipinski definition) is 3. The molecule has 26 heavy (non-hydrogen) atoms.